The van der Waals surface area contributed by atoms with E-state index < -0.39 is 5.41 Å². The maximum absolute atomic E-state index is 13.5. The minimum absolute atomic E-state index is 0.0122. The van der Waals surface area contributed by atoms with Gasteiger partial charge in [0.05, 0.1) is 10.8 Å². The number of carbonyl (C=O) groups excluding carboxylic acids is 3. The van der Waals surface area contributed by atoms with E-state index in [9.17, 15) is 14.4 Å². The first-order valence-corrected chi connectivity index (χ1v) is 13.2. The number of fused-ring (bicyclic) bond motifs is 3. The molecule has 2 bridgehead atoms. The zero-order valence-corrected chi connectivity index (χ0v) is 20.3. The molecule has 0 unspecified atom stereocenters. The average molecular weight is 486 g/mol. The van der Waals surface area contributed by atoms with Crippen LogP contribution in [-0.2, 0) is 32.6 Å². The highest BCUT2D eigenvalue weighted by Crippen LogP contribution is 2.65. The van der Waals surface area contributed by atoms with Gasteiger partial charge in [-0.15, -0.1) is 0 Å². The van der Waals surface area contributed by atoms with E-state index in [0.29, 0.717) is 30.3 Å². The molecule has 4 aliphatic carbocycles. The van der Waals surface area contributed by atoms with Gasteiger partial charge in [-0.3, -0.25) is 14.4 Å². The van der Waals surface area contributed by atoms with Crippen LogP contribution in [0.1, 0.15) is 48.8 Å². The third-order valence-corrected chi connectivity index (χ3v) is 9.24. The van der Waals surface area contributed by atoms with Gasteiger partial charge in [-0.05, 0) is 86.7 Å². The second-order valence-corrected chi connectivity index (χ2v) is 11.5. The van der Waals surface area contributed by atoms with E-state index in [4.69, 9.17) is 0 Å². The Morgan fingerprint density at radius 1 is 1.14 bits per heavy atom. The number of rotatable bonds is 5. The van der Waals surface area contributed by atoms with E-state index in [-0.39, 0.29) is 35.7 Å². The molecule has 8 nitrogen and oxygen atoms in total. The molecule has 0 radical (unpaired) electrons. The van der Waals surface area contributed by atoms with Crippen molar-refractivity contribution in [1.82, 2.24) is 15.2 Å². The fourth-order valence-corrected chi connectivity index (χ4v) is 7.21. The molecule has 2 aromatic rings. The Hall–Kier alpha value is -3.26. The van der Waals surface area contributed by atoms with Crippen molar-refractivity contribution in [2.45, 2.75) is 56.4 Å². The minimum atomic E-state index is -0.630. The van der Waals surface area contributed by atoms with Gasteiger partial charge in [0.15, 0.2) is 0 Å². The molecule has 8 rings (SSSR count). The fraction of sp³-hybridized carbons (Fsp3) is 0.500. The van der Waals surface area contributed by atoms with Crippen LogP contribution in [0.15, 0.2) is 36.5 Å². The summed E-state index contributed by atoms with van der Waals surface area (Å²) in [6.45, 7) is 1.80. The highest BCUT2D eigenvalue weighted by atomic mass is 16.2. The molecule has 36 heavy (non-hydrogen) atoms. The molecule has 3 N–H and O–H groups in total. The van der Waals surface area contributed by atoms with Gasteiger partial charge in [-0.1, -0.05) is 12.1 Å². The lowest BCUT2D eigenvalue weighted by Crippen LogP contribution is -2.64. The third kappa shape index (κ3) is 3.23. The number of carbonyl (C=O) groups is 3. The fourth-order valence-electron chi connectivity index (χ4n) is 7.21. The normalized spacial score (nSPS) is 31.1. The summed E-state index contributed by atoms with van der Waals surface area (Å²) >= 11 is 0. The molecule has 4 fully saturated rings. The molecular formula is C28H31N5O3. The van der Waals surface area contributed by atoms with Crippen LogP contribution < -0.4 is 16.0 Å². The van der Waals surface area contributed by atoms with Gasteiger partial charge in [-0.2, -0.15) is 0 Å². The number of hydrogen-bond acceptors (Lipinski definition) is 5. The number of piperidine rings is 1. The predicted molar refractivity (Wildman–Crippen MR) is 134 cm³/mol. The molecule has 1 saturated heterocycles. The summed E-state index contributed by atoms with van der Waals surface area (Å²) in [4.78, 5) is 45.8. The molecule has 2 aliphatic heterocycles. The van der Waals surface area contributed by atoms with Crippen LogP contribution in [0.2, 0.25) is 0 Å². The molecular weight excluding hydrogens is 454 g/mol. The lowest BCUT2D eigenvalue weighted by molar-refractivity contribution is -0.180. The molecule has 2 atom stereocenters. The summed E-state index contributed by atoms with van der Waals surface area (Å²) in [5.41, 5.74) is 3.01. The standard InChI is InChI=1S/C28H31N5O3/c34-23(16-33(21-3-1-7-29-15-21)26(36)27-10-17(11-27)12-27)31-20-6-5-18-13-28(14-19(18)9-20)22-4-2-8-30-24(22)32-25(28)35/h2,4-6,8-9,17,21,29H,1,3,7,10-16H2,(H,31,34)(H,30,32,35)/t17?,21-,27?,28+/m0/s1. The Morgan fingerprint density at radius 3 is 2.72 bits per heavy atom. The molecule has 1 spiro atoms. The average Bonchev–Trinajstić information content (AvgIpc) is 3.33. The maximum Gasteiger partial charge on any atom is 0.244 e. The zero-order valence-electron chi connectivity index (χ0n) is 20.3. The van der Waals surface area contributed by atoms with Crippen molar-refractivity contribution in [3.63, 3.8) is 0 Å². The molecule has 3 saturated carbocycles. The largest absolute Gasteiger partial charge is 0.329 e. The van der Waals surface area contributed by atoms with Crippen molar-refractivity contribution < 1.29 is 14.4 Å². The van der Waals surface area contributed by atoms with Crippen LogP contribution in [0.5, 0.6) is 0 Å². The number of nitrogens with one attached hydrogen (secondary N) is 3. The number of aromatic nitrogens is 1. The SMILES string of the molecule is O=C(CN(C(=O)C12CC(C1)C2)[C@H]1CCCNC1)Nc1ccc2c(c1)C[C@@]1(C2)C(=O)Nc2ncccc21. The summed E-state index contributed by atoms with van der Waals surface area (Å²) in [5.74, 6) is 1.36. The summed E-state index contributed by atoms with van der Waals surface area (Å²) in [7, 11) is 0. The number of pyridine rings is 1. The van der Waals surface area contributed by atoms with Crippen molar-refractivity contribution in [3.8, 4) is 0 Å². The summed E-state index contributed by atoms with van der Waals surface area (Å²) in [6.07, 6.45) is 7.82. The molecule has 3 heterocycles. The molecule has 8 heteroatoms. The van der Waals surface area contributed by atoms with Crippen LogP contribution in [0.3, 0.4) is 0 Å². The minimum Gasteiger partial charge on any atom is -0.329 e. The van der Waals surface area contributed by atoms with Gasteiger partial charge in [0.2, 0.25) is 17.7 Å². The van der Waals surface area contributed by atoms with Crippen molar-refractivity contribution in [3.05, 3.63) is 53.2 Å². The number of benzene rings is 1. The first kappa shape index (κ1) is 22.0. The summed E-state index contributed by atoms with van der Waals surface area (Å²) in [5, 5.41) is 9.37. The molecule has 3 amide bonds. The molecule has 1 aromatic heterocycles. The van der Waals surface area contributed by atoms with E-state index in [0.717, 1.165) is 61.9 Å². The quantitative estimate of drug-likeness (QED) is 0.604. The lowest BCUT2D eigenvalue weighted by Gasteiger charge is -2.61. The van der Waals surface area contributed by atoms with Gasteiger partial charge < -0.3 is 20.9 Å². The van der Waals surface area contributed by atoms with E-state index >= 15 is 0 Å². The molecule has 186 valence electrons. The zero-order chi connectivity index (χ0) is 24.5. The van der Waals surface area contributed by atoms with Crippen LogP contribution in [-0.4, -0.2) is 53.3 Å². The van der Waals surface area contributed by atoms with E-state index in [1.54, 1.807) is 6.20 Å². The van der Waals surface area contributed by atoms with E-state index in [1.165, 1.54) is 0 Å². The second-order valence-electron chi connectivity index (χ2n) is 11.5. The Labute approximate surface area is 210 Å². The Bertz CT molecular complexity index is 1270. The van der Waals surface area contributed by atoms with E-state index in [1.807, 2.05) is 35.2 Å². The third-order valence-electron chi connectivity index (χ3n) is 9.24. The van der Waals surface area contributed by atoms with Gasteiger partial charge in [-0.25, -0.2) is 4.98 Å². The van der Waals surface area contributed by atoms with Gasteiger partial charge >= 0.3 is 0 Å². The maximum atomic E-state index is 13.5. The number of nitrogens with zero attached hydrogens (tertiary/aromatic N) is 2. The Balaban J connectivity index is 1.08. The predicted octanol–water partition coefficient (Wildman–Crippen LogP) is 2.39. The first-order chi connectivity index (χ1) is 17.5. The van der Waals surface area contributed by atoms with Crippen LogP contribution in [0.4, 0.5) is 11.5 Å². The van der Waals surface area contributed by atoms with Gasteiger partial charge in [0, 0.05) is 30.0 Å². The second kappa shape index (κ2) is 7.87. The van der Waals surface area contributed by atoms with Crippen molar-refractivity contribution in [1.29, 1.82) is 0 Å². The van der Waals surface area contributed by atoms with Crippen molar-refractivity contribution >= 4 is 29.2 Å². The molecule has 6 aliphatic rings. The van der Waals surface area contributed by atoms with Gasteiger partial charge in [0.25, 0.3) is 0 Å². The molecule has 1 aromatic carbocycles. The number of anilines is 2. The number of hydrogen-bond donors (Lipinski definition) is 3. The first-order valence-electron chi connectivity index (χ1n) is 13.2. The van der Waals surface area contributed by atoms with Crippen LogP contribution >= 0.6 is 0 Å². The van der Waals surface area contributed by atoms with Crippen molar-refractivity contribution in [2.75, 3.05) is 30.3 Å². The van der Waals surface area contributed by atoms with Crippen molar-refractivity contribution in [2.24, 2.45) is 11.3 Å². The topological polar surface area (TPSA) is 103 Å². The van der Waals surface area contributed by atoms with Gasteiger partial charge in [0.1, 0.15) is 12.4 Å². The summed E-state index contributed by atoms with van der Waals surface area (Å²) in [6, 6.07) is 9.82. The van der Waals surface area contributed by atoms with Crippen LogP contribution in [0.25, 0.3) is 0 Å². The highest BCUT2D eigenvalue weighted by Gasteiger charge is 2.62. The monoisotopic (exact) mass is 485 g/mol. The number of amides is 3. The smallest absolute Gasteiger partial charge is 0.244 e. The highest BCUT2D eigenvalue weighted by molar-refractivity contribution is 6.06. The Morgan fingerprint density at radius 2 is 1.97 bits per heavy atom. The Kier molecular flexibility index (Phi) is 4.80. The summed E-state index contributed by atoms with van der Waals surface area (Å²) < 4.78 is 0. The lowest BCUT2D eigenvalue weighted by atomic mass is 9.44. The van der Waals surface area contributed by atoms with E-state index in [2.05, 4.69) is 20.9 Å². The van der Waals surface area contributed by atoms with Crippen LogP contribution in [0, 0.1) is 11.3 Å².